The Morgan fingerprint density at radius 3 is 2.67 bits per heavy atom. The summed E-state index contributed by atoms with van der Waals surface area (Å²) in [7, 11) is 0. The van der Waals surface area contributed by atoms with Crippen LogP contribution in [0.25, 0.3) is 6.08 Å². The number of ether oxygens (including phenoxy) is 3. The van der Waals surface area contributed by atoms with E-state index < -0.39 is 30.4 Å². The molecule has 2 fully saturated rings. The number of fused-ring (bicyclic) bond motifs is 1. The molecule has 0 amide bonds. The van der Waals surface area contributed by atoms with E-state index in [-0.39, 0.29) is 19.0 Å². The third-order valence-electron chi connectivity index (χ3n) is 3.55. The smallest absolute Gasteiger partial charge is 0.331 e. The highest BCUT2D eigenvalue weighted by atomic mass is 16.6. The maximum absolute atomic E-state index is 11.8. The highest BCUT2D eigenvalue weighted by Gasteiger charge is 2.48. The van der Waals surface area contributed by atoms with Gasteiger partial charge < -0.3 is 24.4 Å². The number of aliphatic hydroxyl groups excluding tert-OH is 1. The van der Waals surface area contributed by atoms with Gasteiger partial charge in [0.15, 0.2) is 6.10 Å². The molecule has 0 unspecified atom stereocenters. The molecule has 2 heterocycles. The number of aromatic hydroxyl groups is 1. The summed E-state index contributed by atoms with van der Waals surface area (Å²) < 4.78 is 16.0. The molecular weight excluding hydrogens is 276 g/mol. The molecule has 0 radical (unpaired) electrons. The second-order valence-corrected chi connectivity index (χ2v) is 5.06. The summed E-state index contributed by atoms with van der Waals surface area (Å²) in [5.74, 6) is -0.330. The summed E-state index contributed by atoms with van der Waals surface area (Å²) in [6.07, 6.45) is 0.940. The lowest BCUT2D eigenvalue weighted by molar-refractivity contribution is -0.147. The summed E-state index contributed by atoms with van der Waals surface area (Å²) in [6, 6.07) is 6.44. The van der Waals surface area contributed by atoms with Crippen LogP contribution >= 0.6 is 0 Å². The predicted molar refractivity (Wildman–Crippen MR) is 72.5 cm³/mol. The number of rotatable bonds is 3. The minimum absolute atomic E-state index is 0.167. The number of phenols is 1. The molecule has 6 heteroatoms. The van der Waals surface area contributed by atoms with Gasteiger partial charge in [0.05, 0.1) is 13.2 Å². The fourth-order valence-corrected chi connectivity index (χ4v) is 2.48. The highest BCUT2D eigenvalue weighted by Crippen LogP contribution is 2.28. The first kappa shape index (κ1) is 14.1. The molecule has 112 valence electrons. The zero-order chi connectivity index (χ0) is 14.8. The van der Waals surface area contributed by atoms with Crippen LogP contribution in [0.5, 0.6) is 5.75 Å². The maximum atomic E-state index is 11.8. The van der Waals surface area contributed by atoms with Crippen LogP contribution in [0.4, 0.5) is 0 Å². The third kappa shape index (κ3) is 3.07. The van der Waals surface area contributed by atoms with Crippen molar-refractivity contribution in [1.29, 1.82) is 0 Å². The predicted octanol–water partition coefficient (Wildman–Crippen LogP) is 0.476. The number of benzene rings is 1. The van der Waals surface area contributed by atoms with E-state index in [0.717, 1.165) is 5.56 Å². The molecule has 1 aromatic rings. The summed E-state index contributed by atoms with van der Waals surface area (Å²) in [5, 5.41) is 18.8. The van der Waals surface area contributed by atoms with Crippen molar-refractivity contribution in [3.8, 4) is 5.75 Å². The Bertz CT molecular complexity index is 538. The van der Waals surface area contributed by atoms with Gasteiger partial charge in [-0.1, -0.05) is 12.1 Å². The molecular formula is C15H16O6. The average Bonchev–Trinajstić information content (AvgIpc) is 3.03. The van der Waals surface area contributed by atoms with E-state index in [9.17, 15) is 9.90 Å². The fraction of sp³-hybridized carbons (Fsp3) is 0.400. The number of hydrogen-bond acceptors (Lipinski definition) is 6. The van der Waals surface area contributed by atoms with Crippen LogP contribution < -0.4 is 0 Å². The number of hydrogen-bond donors (Lipinski definition) is 2. The quantitative estimate of drug-likeness (QED) is 0.622. The summed E-state index contributed by atoms with van der Waals surface area (Å²) in [4.78, 5) is 11.8. The fourth-order valence-electron chi connectivity index (χ4n) is 2.48. The van der Waals surface area contributed by atoms with Gasteiger partial charge in [-0.05, 0) is 23.8 Å². The molecule has 1 aromatic carbocycles. The zero-order valence-corrected chi connectivity index (χ0v) is 11.2. The minimum atomic E-state index is -0.661. The van der Waals surface area contributed by atoms with Crippen LogP contribution in [0.1, 0.15) is 5.56 Å². The first-order valence-electron chi connectivity index (χ1n) is 6.72. The van der Waals surface area contributed by atoms with E-state index in [1.807, 2.05) is 0 Å². The molecule has 2 N–H and O–H groups in total. The Hall–Kier alpha value is -1.89. The molecule has 0 aromatic heterocycles. The normalized spacial score (nSPS) is 31.5. The van der Waals surface area contributed by atoms with Crippen LogP contribution in [-0.2, 0) is 19.0 Å². The van der Waals surface area contributed by atoms with Gasteiger partial charge in [-0.2, -0.15) is 0 Å². The van der Waals surface area contributed by atoms with Gasteiger partial charge in [-0.3, -0.25) is 0 Å². The van der Waals surface area contributed by atoms with Crippen LogP contribution in [-0.4, -0.2) is 53.8 Å². The van der Waals surface area contributed by atoms with Crippen LogP contribution in [0.15, 0.2) is 30.3 Å². The SMILES string of the molecule is O=C(C=Cc1ccc(O)cc1)O[C@@H]1CO[C@@H]2[C@H]1OC[C@@H]2O. The second kappa shape index (κ2) is 5.85. The van der Waals surface area contributed by atoms with E-state index in [0.29, 0.717) is 0 Å². The van der Waals surface area contributed by atoms with Gasteiger partial charge in [0.2, 0.25) is 0 Å². The number of aliphatic hydroxyl groups is 1. The van der Waals surface area contributed by atoms with Crippen LogP contribution in [0.3, 0.4) is 0 Å². The Labute approximate surface area is 121 Å². The zero-order valence-electron chi connectivity index (χ0n) is 11.2. The molecule has 2 aliphatic rings. The van der Waals surface area contributed by atoms with Crippen molar-refractivity contribution in [2.45, 2.75) is 24.4 Å². The lowest BCUT2D eigenvalue weighted by Gasteiger charge is -2.15. The van der Waals surface area contributed by atoms with E-state index in [1.165, 1.54) is 18.2 Å². The van der Waals surface area contributed by atoms with E-state index >= 15 is 0 Å². The van der Waals surface area contributed by atoms with Gasteiger partial charge in [0, 0.05) is 6.08 Å². The van der Waals surface area contributed by atoms with Gasteiger partial charge in [0.25, 0.3) is 0 Å². The van der Waals surface area contributed by atoms with Gasteiger partial charge >= 0.3 is 5.97 Å². The van der Waals surface area contributed by atoms with E-state index in [1.54, 1.807) is 18.2 Å². The van der Waals surface area contributed by atoms with Gasteiger partial charge in [0.1, 0.15) is 24.1 Å². The van der Waals surface area contributed by atoms with Crippen molar-refractivity contribution in [3.05, 3.63) is 35.9 Å². The number of carbonyl (C=O) groups excluding carboxylic acids is 1. The number of phenolic OH excluding ortho intramolecular Hbond substituents is 1. The van der Waals surface area contributed by atoms with Crippen molar-refractivity contribution in [2.75, 3.05) is 13.2 Å². The molecule has 0 spiro atoms. The van der Waals surface area contributed by atoms with Crippen molar-refractivity contribution in [3.63, 3.8) is 0 Å². The van der Waals surface area contributed by atoms with Gasteiger partial charge in [-0.25, -0.2) is 4.79 Å². The Balaban J connectivity index is 1.56. The van der Waals surface area contributed by atoms with Crippen molar-refractivity contribution >= 4 is 12.0 Å². The van der Waals surface area contributed by atoms with Crippen molar-refractivity contribution in [2.24, 2.45) is 0 Å². The Morgan fingerprint density at radius 1 is 1.19 bits per heavy atom. The van der Waals surface area contributed by atoms with Gasteiger partial charge in [-0.15, -0.1) is 0 Å². The number of carbonyl (C=O) groups is 1. The molecule has 0 saturated carbocycles. The first-order valence-corrected chi connectivity index (χ1v) is 6.72. The van der Waals surface area contributed by atoms with Crippen LogP contribution in [0, 0.1) is 0 Å². The Kier molecular flexibility index (Phi) is 3.92. The molecule has 2 saturated heterocycles. The molecule has 0 bridgehead atoms. The molecule has 4 atom stereocenters. The largest absolute Gasteiger partial charge is 0.508 e. The van der Waals surface area contributed by atoms with E-state index in [2.05, 4.69) is 0 Å². The lowest BCUT2D eigenvalue weighted by Crippen LogP contribution is -2.33. The average molecular weight is 292 g/mol. The summed E-state index contributed by atoms with van der Waals surface area (Å²) in [5.41, 5.74) is 0.776. The second-order valence-electron chi connectivity index (χ2n) is 5.06. The van der Waals surface area contributed by atoms with E-state index in [4.69, 9.17) is 19.3 Å². The monoisotopic (exact) mass is 292 g/mol. The standard InChI is InChI=1S/C15H16O6/c16-10-4-1-9(2-5-10)3-6-13(18)21-12-8-20-14-11(17)7-19-15(12)14/h1-6,11-12,14-17H,7-8H2/t11-,12+,14-,15-/m0/s1. The van der Waals surface area contributed by atoms with Crippen molar-refractivity contribution < 1.29 is 29.2 Å². The summed E-state index contributed by atoms with van der Waals surface area (Å²) in [6.45, 7) is 0.428. The Morgan fingerprint density at radius 2 is 1.90 bits per heavy atom. The third-order valence-corrected chi connectivity index (χ3v) is 3.55. The first-order chi connectivity index (χ1) is 10.1. The summed E-state index contributed by atoms with van der Waals surface area (Å²) >= 11 is 0. The highest BCUT2D eigenvalue weighted by molar-refractivity contribution is 5.87. The number of esters is 1. The lowest BCUT2D eigenvalue weighted by atomic mass is 10.1. The molecule has 21 heavy (non-hydrogen) atoms. The van der Waals surface area contributed by atoms with Crippen LogP contribution in [0.2, 0.25) is 0 Å². The maximum Gasteiger partial charge on any atom is 0.331 e. The molecule has 0 aliphatic carbocycles. The molecule has 6 nitrogen and oxygen atoms in total. The minimum Gasteiger partial charge on any atom is -0.508 e. The molecule has 2 aliphatic heterocycles. The molecule has 3 rings (SSSR count). The van der Waals surface area contributed by atoms with Crippen molar-refractivity contribution in [1.82, 2.24) is 0 Å². The topological polar surface area (TPSA) is 85.2 Å².